The van der Waals surface area contributed by atoms with Crippen LogP contribution in [-0.4, -0.2) is 8.42 Å². The van der Waals surface area contributed by atoms with E-state index >= 15 is 0 Å². The zero-order chi connectivity index (χ0) is 19.3. The van der Waals surface area contributed by atoms with Crippen molar-refractivity contribution in [2.75, 3.05) is 0 Å². The van der Waals surface area contributed by atoms with Gasteiger partial charge in [0.2, 0.25) is 0 Å². The molecule has 0 fully saturated rings. The maximum atomic E-state index is 12.3. The number of rotatable bonds is 7. The summed E-state index contributed by atoms with van der Waals surface area (Å²) in [5.74, 6) is 0.273. The van der Waals surface area contributed by atoms with Gasteiger partial charge in [-0.2, -0.15) is 8.42 Å². The average molecular weight is 382 g/mol. The third-order valence-electron chi connectivity index (χ3n) is 4.21. The molecule has 0 aliphatic carbocycles. The first-order chi connectivity index (χ1) is 12.9. The molecule has 0 saturated carbocycles. The van der Waals surface area contributed by atoms with Gasteiger partial charge in [-0.1, -0.05) is 60.2 Å². The molecule has 0 bridgehead atoms. The Morgan fingerprint density at radius 3 is 2.11 bits per heavy atom. The first-order valence-electron chi connectivity index (χ1n) is 8.71. The number of ether oxygens (including phenoxy) is 1. The molecule has 0 aliphatic heterocycles. The lowest BCUT2D eigenvalue weighted by atomic mass is 10.1. The highest BCUT2D eigenvalue weighted by Gasteiger charge is 2.16. The maximum absolute atomic E-state index is 12.3. The van der Waals surface area contributed by atoms with Crippen LogP contribution in [-0.2, 0) is 21.5 Å². The van der Waals surface area contributed by atoms with E-state index in [-0.39, 0.29) is 16.7 Å². The molecule has 3 aromatic carbocycles. The fraction of sp³-hybridized carbons (Fsp3) is 0.182. The summed E-state index contributed by atoms with van der Waals surface area (Å²) in [4.78, 5) is 0.136. The molecule has 0 spiro atoms. The Kier molecular flexibility index (Phi) is 5.94. The van der Waals surface area contributed by atoms with Gasteiger partial charge in [0, 0.05) is 0 Å². The van der Waals surface area contributed by atoms with Gasteiger partial charge in [-0.05, 0) is 49.2 Å². The molecule has 3 aromatic rings. The van der Waals surface area contributed by atoms with Crippen molar-refractivity contribution in [3.63, 3.8) is 0 Å². The first-order valence-corrected chi connectivity index (χ1v) is 10.1. The molecule has 5 heteroatoms. The predicted molar refractivity (Wildman–Crippen MR) is 105 cm³/mol. The minimum atomic E-state index is -3.84. The lowest BCUT2D eigenvalue weighted by molar-refractivity contribution is 0.0525. The van der Waals surface area contributed by atoms with Gasteiger partial charge in [-0.15, -0.1) is 0 Å². The molecule has 1 atom stereocenters. The van der Waals surface area contributed by atoms with Crippen LogP contribution in [0.3, 0.4) is 0 Å². The van der Waals surface area contributed by atoms with Crippen molar-refractivity contribution in [1.82, 2.24) is 0 Å². The van der Waals surface area contributed by atoms with E-state index in [1.54, 1.807) is 36.4 Å². The molecule has 0 N–H and O–H groups in total. The summed E-state index contributed by atoms with van der Waals surface area (Å²) < 4.78 is 35.8. The molecule has 0 saturated heterocycles. The van der Waals surface area contributed by atoms with Gasteiger partial charge in [0.25, 0.3) is 0 Å². The average Bonchev–Trinajstić information content (AvgIpc) is 2.67. The van der Waals surface area contributed by atoms with E-state index in [4.69, 9.17) is 8.92 Å². The summed E-state index contributed by atoms with van der Waals surface area (Å²) in [5.41, 5.74) is 3.04. The Hall–Kier alpha value is -2.63. The molecular formula is C22H22O4S. The number of benzene rings is 3. The van der Waals surface area contributed by atoms with Gasteiger partial charge in [0.05, 0.1) is 12.7 Å². The highest BCUT2D eigenvalue weighted by atomic mass is 32.2. The van der Waals surface area contributed by atoms with Crippen LogP contribution in [0.4, 0.5) is 0 Å². The van der Waals surface area contributed by atoms with Crippen molar-refractivity contribution in [3.8, 4) is 5.75 Å². The van der Waals surface area contributed by atoms with E-state index in [1.165, 1.54) is 0 Å². The van der Waals surface area contributed by atoms with E-state index in [1.807, 2.05) is 56.3 Å². The van der Waals surface area contributed by atoms with Gasteiger partial charge in [0.1, 0.15) is 10.6 Å². The molecule has 4 nitrogen and oxygen atoms in total. The lowest BCUT2D eigenvalue weighted by Crippen LogP contribution is -2.09. The Balaban J connectivity index is 1.63. The molecule has 1 unspecified atom stereocenters. The summed E-state index contributed by atoms with van der Waals surface area (Å²) in [7, 11) is -3.84. The fourth-order valence-electron chi connectivity index (χ4n) is 2.57. The monoisotopic (exact) mass is 382 g/mol. The van der Waals surface area contributed by atoms with Gasteiger partial charge in [-0.25, -0.2) is 0 Å². The van der Waals surface area contributed by atoms with E-state index < -0.39 is 10.1 Å². The van der Waals surface area contributed by atoms with Crippen molar-refractivity contribution in [3.05, 3.63) is 95.6 Å². The van der Waals surface area contributed by atoms with Gasteiger partial charge < -0.3 is 8.92 Å². The predicted octanol–water partition coefficient (Wildman–Crippen LogP) is 5.04. The molecule has 0 heterocycles. The SMILES string of the molecule is Cc1ccc(S(=O)(=O)Oc2ccc(C(C)OCc3ccccc3)cc2)cc1. The number of hydrogen-bond donors (Lipinski definition) is 0. The van der Waals surface area contributed by atoms with E-state index in [0.717, 1.165) is 16.7 Å². The van der Waals surface area contributed by atoms with Crippen LogP contribution < -0.4 is 4.18 Å². The Bertz CT molecular complexity index is 963. The van der Waals surface area contributed by atoms with Crippen LogP contribution in [0.2, 0.25) is 0 Å². The molecule has 3 rings (SSSR count). The summed E-state index contributed by atoms with van der Waals surface area (Å²) in [6.45, 7) is 4.38. The van der Waals surface area contributed by atoms with Crippen LogP contribution in [0.1, 0.15) is 29.7 Å². The van der Waals surface area contributed by atoms with E-state index in [0.29, 0.717) is 6.61 Å². The summed E-state index contributed by atoms with van der Waals surface area (Å²) in [6.07, 6.45) is -0.118. The largest absolute Gasteiger partial charge is 0.379 e. The Labute approximate surface area is 160 Å². The fourth-order valence-corrected chi connectivity index (χ4v) is 3.50. The summed E-state index contributed by atoms with van der Waals surface area (Å²) in [6, 6.07) is 23.4. The van der Waals surface area contributed by atoms with Gasteiger partial charge in [-0.3, -0.25) is 0 Å². The van der Waals surface area contributed by atoms with E-state index in [9.17, 15) is 8.42 Å². The van der Waals surface area contributed by atoms with Gasteiger partial charge in [0.15, 0.2) is 0 Å². The molecule has 0 radical (unpaired) electrons. The second-order valence-corrected chi connectivity index (χ2v) is 7.90. The van der Waals surface area contributed by atoms with Crippen LogP contribution >= 0.6 is 0 Å². The van der Waals surface area contributed by atoms with Crippen molar-refractivity contribution in [1.29, 1.82) is 0 Å². The molecule has 0 amide bonds. The van der Waals surface area contributed by atoms with Crippen molar-refractivity contribution < 1.29 is 17.3 Å². The molecule has 0 aromatic heterocycles. The zero-order valence-electron chi connectivity index (χ0n) is 15.3. The Morgan fingerprint density at radius 1 is 0.852 bits per heavy atom. The highest BCUT2D eigenvalue weighted by Crippen LogP contribution is 2.24. The topological polar surface area (TPSA) is 52.6 Å². The maximum Gasteiger partial charge on any atom is 0.339 e. The van der Waals surface area contributed by atoms with Crippen LogP contribution in [0.5, 0.6) is 5.75 Å². The number of hydrogen-bond acceptors (Lipinski definition) is 4. The zero-order valence-corrected chi connectivity index (χ0v) is 16.1. The minimum Gasteiger partial charge on any atom is -0.379 e. The van der Waals surface area contributed by atoms with Crippen molar-refractivity contribution >= 4 is 10.1 Å². The quantitative estimate of drug-likeness (QED) is 0.537. The van der Waals surface area contributed by atoms with Crippen molar-refractivity contribution in [2.24, 2.45) is 0 Å². The standard InChI is InChI=1S/C22H22O4S/c1-17-8-14-22(15-9-17)27(23,24)26-21-12-10-20(11-13-21)18(2)25-16-19-6-4-3-5-7-19/h3-15,18H,16H2,1-2H3. The van der Waals surface area contributed by atoms with E-state index in [2.05, 4.69) is 0 Å². The first kappa shape index (κ1) is 19.1. The van der Waals surface area contributed by atoms with Crippen LogP contribution in [0, 0.1) is 6.92 Å². The second kappa shape index (κ2) is 8.37. The smallest absolute Gasteiger partial charge is 0.339 e. The second-order valence-electron chi connectivity index (χ2n) is 6.36. The minimum absolute atomic E-state index is 0.118. The third-order valence-corrected chi connectivity index (χ3v) is 5.47. The van der Waals surface area contributed by atoms with Gasteiger partial charge >= 0.3 is 10.1 Å². The Morgan fingerprint density at radius 2 is 1.48 bits per heavy atom. The molecule has 140 valence electrons. The van der Waals surface area contributed by atoms with Crippen molar-refractivity contribution in [2.45, 2.75) is 31.5 Å². The summed E-state index contributed by atoms with van der Waals surface area (Å²) >= 11 is 0. The normalized spacial score (nSPS) is 12.5. The molecule has 27 heavy (non-hydrogen) atoms. The van der Waals surface area contributed by atoms with Crippen LogP contribution in [0.15, 0.2) is 83.8 Å². The van der Waals surface area contributed by atoms with Crippen LogP contribution in [0.25, 0.3) is 0 Å². The lowest BCUT2D eigenvalue weighted by Gasteiger charge is -2.14. The summed E-state index contributed by atoms with van der Waals surface area (Å²) in [5, 5.41) is 0. The third kappa shape index (κ3) is 5.18. The highest BCUT2D eigenvalue weighted by molar-refractivity contribution is 7.87. The number of aryl methyl sites for hydroxylation is 1. The molecular weight excluding hydrogens is 360 g/mol. The molecule has 0 aliphatic rings.